The third-order valence-corrected chi connectivity index (χ3v) is 5.05. The fourth-order valence-corrected chi connectivity index (χ4v) is 3.56. The first kappa shape index (κ1) is 18.4. The fourth-order valence-electron chi connectivity index (χ4n) is 3.35. The number of aryl methyl sites for hydroxylation is 2. The van der Waals surface area contributed by atoms with Crippen molar-refractivity contribution in [2.45, 2.75) is 26.4 Å². The maximum Gasteiger partial charge on any atom is 0.285 e. The van der Waals surface area contributed by atoms with E-state index in [1.165, 1.54) is 6.20 Å². The Balaban J connectivity index is 1.54. The zero-order chi connectivity index (χ0) is 19.8. The molecule has 3 aromatic rings. The van der Waals surface area contributed by atoms with E-state index in [0.29, 0.717) is 53.7 Å². The van der Waals surface area contributed by atoms with E-state index in [2.05, 4.69) is 20.3 Å². The van der Waals surface area contributed by atoms with Gasteiger partial charge in [-0.3, -0.25) is 4.79 Å². The van der Waals surface area contributed by atoms with E-state index in [1.807, 2.05) is 4.90 Å². The van der Waals surface area contributed by atoms with E-state index in [4.69, 9.17) is 20.9 Å². The third kappa shape index (κ3) is 3.33. The predicted octanol–water partition coefficient (Wildman–Crippen LogP) is 2.89. The highest BCUT2D eigenvalue weighted by atomic mass is 35.5. The molecular weight excluding hydrogens is 389 g/mol. The normalized spacial score (nSPS) is 16.6. The van der Waals surface area contributed by atoms with Crippen molar-refractivity contribution in [3.63, 3.8) is 0 Å². The van der Waals surface area contributed by atoms with E-state index in [1.54, 1.807) is 19.9 Å². The van der Waals surface area contributed by atoms with Gasteiger partial charge < -0.3 is 14.2 Å². The monoisotopic (exact) mass is 405 g/mol. The number of halogens is 2. The summed E-state index contributed by atoms with van der Waals surface area (Å²) in [6.45, 7) is 4.63. The molecule has 0 aliphatic carbocycles. The first-order valence-corrected chi connectivity index (χ1v) is 9.05. The van der Waals surface area contributed by atoms with Crippen molar-refractivity contribution in [3.05, 3.63) is 51.1 Å². The molecule has 0 amide bonds. The molecule has 1 saturated heterocycles. The molecule has 0 spiro atoms. The number of ether oxygens (including phenoxy) is 1. The maximum absolute atomic E-state index is 14.3. The summed E-state index contributed by atoms with van der Waals surface area (Å²) >= 11 is 6.07. The van der Waals surface area contributed by atoms with Crippen LogP contribution in [0.1, 0.15) is 17.9 Å². The Morgan fingerprint density at radius 2 is 2.21 bits per heavy atom. The van der Waals surface area contributed by atoms with Gasteiger partial charge in [-0.2, -0.15) is 5.10 Å². The number of rotatable bonds is 4. The van der Waals surface area contributed by atoms with Crippen LogP contribution < -0.4 is 15.2 Å². The molecule has 10 heteroatoms. The van der Waals surface area contributed by atoms with Crippen molar-refractivity contribution >= 4 is 17.3 Å². The molecule has 1 fully saturated rings. The van der Waals surface area contributed by atoms with Gasteiger partial charge in [0, 0.05) is 24.6 Å². The van der Waals surface area contributed by atoms with Gasteiger partial charge in [-0.1, -0.05) is 16.8 Å². The quantitative estimate of drug-likeness (QED) is 0.712. The summed E-state index contributed by atoms with van der Waals surface area (Å²) in [5.41, 5.74) is 1.64. The number of nitrogens with zero attached hydrogens (tertiary/aromatic N) is 4. The average Bonchev–Trinajstić information content (AvgIpc) is 3.26. The van der Waals surface area contributed by atoms with Crippen molar-refractivity contribution in [3.8, 4) is 17.0 Å². The van der Waals surface area contributed by atoms with Crippen LogP contribution in [0.4, 0.5) is 10.1 Å². The van der Waals surface area contributed by atoms with Crippen molar-refractivity contribution in [1.82, 2.24) is 20.3 Å². The maximum atomic E-state index is 14.3. The van der Waals surface area contributed by atoms with Crippen molar-refractivity contribution in [2.24, 2.45) is 0 Å². The van der Waals surface area contributed by atoms with E-state index in [0.717, 1.165) is 6.20 Å². The van der Waals surface area contributed by atoms with Gasteiger partial charge in [0.05, 0.1) is 35.9 Å². The fraction of sp³-hybridized carbons (Fsp3) is 0.333. The lowest BCUT2D eigenvalue weighted by atomic mass is 10.1. The first-order chi connectivity index (χ1) is 13.4. The molecule has 3 aromatic heterocycles. The van der Waals surface area contributed by atoms with Crippen LogP contribution in [0.15, 0.2) is 27.8 Å². The SMILES string of the molecule is Cc1noc(C)c1-c1cc(O[C@@H]2CCN(c3cn[nH]c(=O)c3Cl)C2)ncc1F. The van der Waals surface area contributed by atoms with Crippen LogP contribution in [0.3, 0.4) is 0 Å². The molecular formula is C18H17ClFN5O3. The van der Waals surface area contributed by atoms with Gasteiger partial charge in [-0.15, -0.1) is 0 Å². The zero-order valence-electron chi connectivity index (χ0n) is 15.2. The zero-order valence-corrected chi connectivity index (χ0v) is 16.0. The molecule has 0 saturated carbocycles. The summed E-state index contributed by atoms with van der Waals surface area (Å²) in [6.07, 6.45) is 3.15. The predicted molar refractivity (Wildman–Crippen MR) is 100 cm³/mol. The molecule has 4 rings (SSSR count). The average molecular weight is 406 g/mol. The molecule has 0 bridgehead atoms. The van der Waals surface area contributed by atoms with Crippen molar-refractivity contribution in [2.75, 3.05) is 18.0 Å². The molecule has 4 heterocycles. The van der Waals surface area contributed by atoms with E-state index in [-0.39, 0.29) is 11.1 Å². The molecule has 1 aliphatic rings. The number of pyridine rings is 1. The molecule has 8 nitrogen and oxygen atoms in total. The van der Waals surface area contributed by atoms with Gasteiger partial charge in [0.15, 0.2) is 0 Å². The van der Waals surface area contributed by atoms with E-state index in [9.17, 15) is 9.18 Å². The second kappa shape index (κ2) is 7.23. The molecule has 1 atom stereocenters. The Kier molecular flexibility index (Phi) is 4.76. The first-order valence-electron chi connectivity index (χ1n) is 8.67. The van der Waals surface area contributed by atoms with Crippen LogP contribution >= 0.6 is 11.6 Å². The van der Waals surface area contributed by atoms with Crippen LogP contribution in [-0.4, -0.2) is 39.5 Å². The number of aromatic nitrogens is 4. The lowest BCUT2D eigenvalue weighted by Crippen LogP contribution is -2.26. The van der Waals surface area contributed by atoms with Crippen LogP contribution in [-0.2, 0) is 0 Å². The molecule has 0 radical (unpaired) electrons. The van der Waals surface area contributed by atoms with Gasteiger partial charge in [0.1, 0.15) is 22.7 Å². The molecule has 1 N–H and O–H groups in total. The largest absolute Gasteiger partial charge is 0.472 e. The molecule has 28 heavy (non-hydrogen) atoms. The van der Waals surface area contributed by atoms with Gasteiger partial charge in [-0.25, -0.2) is 14.5 Å². The second-order valence-corrected chi connectivity index (χ2v) is 6.95. The Morgan fingerprint density at radius 1 is 1.39 bits per heavy atom. The highest BCUT2D eigenvalue weighted by Gasteiger charge is 2.27. The third-order valence-electron chi connectivity index (χ3n) is 4.68. The summed E-state index contributed by atoms with van der Waals surface area (Å²) in [6, 6.07) is 1.55. The summed E-state index contributed by atoms with van der Waals surface area (Å²) in [7, 11) is 0. The number of nitrogens with one attached hydrogen (secondary N) is 1. The van der Waals surface area contributed by atoms with E-state index >= 15 is 0 Å². The summed E-state index contributed by atoms with van der Waals surface area (Å²) in [5, 5.41) is 10.0. The smallest absolute Gasteiger partial charge is 0.285 e. The topological polar surface area (TPSA) is 97.1 Å². The summed E-state index contributed by atoms with van der Waals surface area (Å²) in [4.78, 5) is 17.6. The molecule has 146 valence electrons. The van der Waals surface area contributed by atoms with Crippen LogP contribution in [0.25, 0.3) is 11.1 Å². The van der Waals surface area contributed by atoms with Crippen LogP contribution in [0, 0.1) is 19.7 Å². The van der Waals surface area contributed by atoms with Crippen LogP contribution in [0.5, 0.6) is 5.88 Å². The van der Waals surface area contributed by atoms with E-state index < -0.39 is 11.4 Å². The second-order valence-electron chi connectivity index (χ2n) is 6.57. The Morgan fingerprint density at radius 3 is 2.96 bits per heavy atom. The minimum absolute atomic E-state index is 0.0938. The summed E-state index contributed by atoms with van der Waals surface area (Å²) < 4.78 is 25.4. The number of hydrogen-bond acceptors (Lipinski definition) is 7. The number of H-pyrrole nitrogens is 1. The van der Waals surface area contributed by atoms with Gasteiger partial charge in [0.25, 0.3) is 5.56 Å². The van der Waals surface area contributed by atoms with Gasteiger partial charge in [-0.05, 0) is 13.8 Å². The highest BCUT2D eigenvalue weighted by Crippen LogP contribution is 2.32. The number of aromatic amines is 1. The molecule has 0 aromatic carbocycles. The molecule has 1 aliphatic heterocycles. The van der Waals surface area contributed by atoms with Crippen LogP contribution in [0.2, 0.25) is 5.02 Å². The summed E-state index contributed by atoms with van der Waals surface area (Å²) in [5.74, 6) is 0.353. The number of anilines is 1. The minimum atomic E-state index is -0.476. The lowest BCUT2D eigenvalue weighted by Gasteiger charge is -2.19. The Hall–Kier alpha value is -2.94. The van der Waals surface area contributed by atoms with Gasteiger partial charge in [0.2, 0.25) is 5.88 Å². The molecule has 0 unspecified atom stereocenters. The Bertz CT molecular complexity index is 1060. The highest BCUT2D eigenvalue weighted by molar-refractivity contribution is 6.33. The Labute approximate surface area is 164 Å². The van der Waals surface area contributed by atoms with Gasteiger partial charge >= 0.3 is 0 Å². The lowest BCUT2D eigenvalue weighted by molar-refractivity contribution is 0.215. The minimum Gasteiger partial charge on any atom is -0.472 e. The number of hydrogen-bond donors (Lipinski definition) is 1. The standard InChI is InChI=1S/C18H17ClFN5O3/c1-9-16(10(2)28-24-9)12-5-15(21-6-13(12)20)27-11-3-4-25(8-11)14-7-22-23-18(26)17(14)19/h5-7,11H,3-4,8H2,1-2H3,(H,23,26)/t11-/m1/s1. The van der Waals surface area contributed by atoms with Crippen molar-refractivity contribution in [1.29, 1.82) is 0 Å². The van der Waals surface area contributed by atoms with Crippen molar-refractivity contribution < 1.29 is 13.7 Å².